The molecule has 0 fully saturated rings. The van der Waals surface area contributed by atoms with Gasteiger partial charge in [-0.25, -0.2) is 0 Å². The summed E-state index contributed by atoms with van der Waals surface area (Å²) in [5, 5.41) is 9.06. The maximum absolute atomic E-state index is 12.1. The van der Waals surface area contributed by atoms with Gasteiger partial charge in [0.25, 0.3) is 0 Å². The average molecular weight is 499 g/mol. The van der Waals surface area contributed by atoms with Gasteiger partial charge >= 0.3 is 11.9 Å². The van der Waals surface area contributed by atoms with E-state index in [0.29, 0.717) is 17.4 Å². The Morgan fingerprint density at radius 1 is 0.714 bits per heavy atom. The van der Waals surface area contributed by atoms with Gasteiger partial charge in [-0.1, -0.05) is 123 Å². The SMILES string of the molecule is CCCCCCCCCCCCCC(C)CCCCCCCC(=O)OC(CC(=O)O)C[N+](C)(C)C. The van der Waals surface area contributed by atoms with Crippen LogP contribution in [0.1, 0.15) is 142 Å². The largest absolute Gasteiger partial charge is 0.481 e. The highest BCUT2D eigenvalue weighted by molar-refractivity contribution is 5.71. The van der Waals surface area contributed by atoms with E-state index >= 15 is 0 Å². The van der Waals surface area contributed by atoms with Crippen LogP contribution in [0.5, 0.6) is 0 Å². The number of likely N-dealkylation sites (N-methyl/N-ethyl adjacent to an activating group) is 1. The third kappa shape index (κ3) is 25.8. The summed E-state index contributed by atoms with van der Waals surface area (Å²) < 4.78 is 6.03. The second-order valence-corrected chi connectivity index (χ2v) is 11.9. The zero-order valence-electron chi connectivity index (χ0n) is 24.1. The summed E-state index contributed by atoms with van der Waals surface area (Å²) in [6.45, 7) is 5.19. The van der Waals surface area contributed by atoms with Gasteiger partial charge in [-0.05, 0) is 12.3 Å². The van der Waals surface area contributed by atoms with Crippen molar-refractivity contribution in [2.75, 3.05) is 27.7 Å². The number of rotatable bonds is 25. The molecule has 0 spiro atoms. The maximum Gasteiger partial charge on any atom is 0.307 e. The molecule has 0 radical (unpaired) electrons. The second-order valence-electron chi connectivity index (χ2n) is 11.9. The molecule has 5 nitrogen and oxygen atoms in total. The molecule has 0 amide bonds. The Labute approximate surface area is 218 Å². The maximum atomic E-state index is 12.1. The van der Waals surface area contributed by atoms with Gasteiger partial charge in [-0.3, -0.25) is 9.59 Å². The van der Waals surface area contributed by atoms with Crippen molar-refractivity contribution in [2.24, 2.45) is 5.92 Å². The quantitative estimate of drug-likeness (QED) is 0.0783. The number of quaternary nitrogens is 1. The molecule has 0 aliphatic rings. The molecule has 0 aromatic heterocycles. The van der Waals surface area contributed by atoms with Crippen molar-refractivity contribution >= 4 is 11.9 Å². The summed E-state index contributed by atoms with van der Waals surface area (Å²) in [5.41, 5.74) is 0. The lowest BCUT2D eigenvalue weighted by Gasteiger charge is -2.28. The lowest BCUT2D eigenvalue weighted by Crippen LogP contribution is -2.43. The van der Waals surface area contributed by atoms with Gasteiger partial charge in [-0.15, -0.1) is 0 Å². The number of unbranched alkanes of at least 4 members (excludes halogenated alkanes) is 14. The Morgan fingerprint density at radius 3 is 1.57 bits per heavy atom. The summed E-state index contributed by atoms with van der Waals surface area (Å²) >= 11 is 0. The Kier molecular flexibility index (Phi) is 21.4. The van der Waals surface area contributed by atoms with Crippen molar-refractivity contribution in [2.45, 2.75) is 148 Å². The number of carboxylic acids is 1. The van der Waals surface area contributed by atoms with Crippen LogP contribution in [0.2, 0.25) is 0 Å². The molecule has 1 N–H and O–H groups in total. The molecule has 0 heterocycles. The first-order chi connectivity index (χ1) is 16.6. The number of hydrogen-bond donors (Lipinski definition) is 1. The van der Waals surface area contributed by atoms with E-state index in [1.165, 1.54) is 96.3 Å². The minimum absolute atomic E-state index is 0.126. The van der Waals surface area contributed by atoms with Crippen molar-refractivity contribution in [3.8, 4) is 0 Å². The van der Waals surface area contributed by atoms with Crippen LogP contribution < -0.4 is 0 Å². The highest BCUT2D eigenvalue weighted by Gasteiger charge is 2.24. The Balaban J connectivity index is 3.59. The number of carbonyl (C=O) groups excluding carboxylic acids is 1. The molecule has 2 unspecified atom stereocenters. The Morgan fingerprint density at radius 2 is 1.14 bits per heavy atom. The van der Waals surface area contributed by atoms with Gasteiger partial charge in [0.1, 0.15) is 6.54 Å². The van der Waals surface area contributed by atoms with Crippen molar-refractivity contribution in [1.29, 1.82) is 0 Å². The van der Waals surface area contributed by atoms with Crippen molar-refractivity contribution in [3.63, 3.8) is 0 Å². The van der Waals surface area contributed by atoms with Crippen LogP contribution in [0.3, 0.4) is 0 Å². The molecule has 0 aromatic rings. The zero-order chi connectivity index (χ0) is 26.4. The van der Waals surface area contributed by atoms with Crippen molar-refractivity contribution < 1.29 is 23.9 Å². The van der Waals surface area contributed by atoms with Crippen LogP contribution in [0, 0.1) is 5.92 Å². The van der Waals surface area contributed by atoms with E-state index in [2.05, 4.69) is 13.8 Å². The molecule has 0 rings (SSSR count). The number of hydrogen-bond acceptors (Lipinski definition) is 3. The second kappa shape index (κ2) is 22.1. The van der Waals surface area contributed by atoms with Gasteiger partial charge in [0.15, 0.2) is 6.10 Å². The number of esters is 1. The third-order valence-electron chi connectivity index (χ3n) is 6.83. The van der Waals surface area contributed by atoms with Crippen molar-refractivity contribution in [3.05, 3.63) is 0 Å². The molecule has 5 heteroatoms. The predicted molar refractivity (Wildman–Crippen MR) is 148 cm³/mol. The minimum Gasteiger partial charge on any atom is -0.481 e. The number of carbonyl (C=O) groups is 2. The fourth-order valence-corrected chi connectivity index (χ4v) is 4.79. The third-order valence-corrected chi connectivity index (χ3v) is 6.83. The molecular weight excluding hydrogens is 438 g/mol. The van der Waals surface area contributed by atoms with Crippen molar-refractivity contribution in [1.82, 2.24) is 0 Å². The van der Waals surface area contributed by atoms with E-state index in [-0.39, 0.29) is 12.4 Å². The molecule has 0 aromatic carbocycles. The van der Waals surface area contributed by atoms with Crippen LogP contribution in [0.4, 0.5) is 0 Å². The standard InChI is InChI=1S/C30H59NO4/c1-6-7-8-9-10-11-12-13-14-16-19-22-27(2)23-20-17-15-18-21-24-30(34)35-28(25-29(32)33)26-31(3,4)5/h27-28H,6-26H2,1-5H3/p+1. The summed E-state index contributed by atoms with van der Waals surface area (Å²) in [6, 6.07) is 0. The molecule has 0 saturated heterocycles. The molecule has 0 aliphatic carbocycles. The summed E-state index contributed by atoms with van der Waals surface area (Å²) in [7, 11) is 5.92. The first kappa shape index (κ1) is 33.9. The fraction of sp³-hybridized carbons (Fsp3) is 0.933. The summed E-state index contributed by atoms with van der Waals surface area (Å²) in [5.74, 6) is -0.352. The van der Waals surface area contributed by atoms with Gasteiger partial charge < -0.3 is 14.3 Å². The van der Waals surface area contributed by atoms with E-state index in [1.54, 1.807) is 0 Å². The van der Waals surface area contributed by atoms with Gasteiger partial charge in [0, 0.05) is 6.42 Å². The zero-order valence-corrected chi connectivity index (χ0v) is 24.1. The van der Waals surface area contributed by atoms with E-state index < -0.39 is 12.1 Å². The van der Waals surface area contributed by atoms with Crippen LogP contribution in [0.15, 0.2) is 0 Å². The van der Waals surface area contributed by atoms with Crippen LogP contribution in [0.25, 0.3) is 0 Å². The summed E-state index contributed by atoms with van der Waals surface area (Å²) in [4.78, 5) is 23.2. The number of ether oxygens (including phenoxy) is 1. The Hall–Kier alpha value is -1.10. The van der Waals surface area contributed by atoms with E-state index in [4.69, 9.17) is 9.84 Å². The Bertz CT molecular complexity index is 515. The predicted octanol–water partition coefficient (Wildman–Crippen LogP) is 8.15. The van der Waals surface area contributed by atoms with Gasteiger partial charge in [0.2, 0.25) is 0 Å². The van der Waals surface area contributed by atoms with Crippen LogP contribution in [-0.2, 0) is 14.3 Å². The van der Waals surface area contributed by atoms with E-state index in [0.717, 1.165) is 25.2 Å². The average Bonchev–Trinajstić information content (AvgIpc) is 2.75. The molecule has 0 bridgehead atoms. The number of aliphatic carboxylic acids is 1. The highest BCUT2D eigenvalue weighted by atomic mass is 16.5. The topological polar surface area (TPSA) is 63.6 Å². The summed E-state index contributed by atoms with van der Waals surface area (Å²) in [6.07, 6.45) is 23.5. The van der Waals surface area contributed by atoms with Crippen LogP contribution in [-0.4, -0.2) is 55.3 Å². The first-order valence-corrected chi connectivity index (χ1v) is 14.9. The lowest BCUT2D eigenvalue weighted by atomic mass is 9.96. The van der Waals surface area contributed by atoms with Gasteiger partial charge in [0.05, 0.1) is 27.6 Å². The first-order valence-electron chi connectivity index (χ1n) is 14.9. The molecular formula is C30H60NO4+. The highest BCUT2D eigenvalue weighted by Crippen LogP contribution is 2.19. The lowest BCUT2D eigenvalue weighted by molar-refractivity contribution is -0.873. The fourth-order valence-electron chi connectivity index (χ4n) is 4.79. The van der Waals surface area contributed by atoms with Gasteiger partial charge in [-0.2, -0.15) is 0 Å². The van der Waals surface area contributed by atoms with Crippen LogP contribution >= 0.6 is 0 Å². The molecule has 208 valence electrons. The molecule has 0 saturated carbocycles. The van der Waals surface area contributed by atoms with E-state index in [1.807, 2.05) is 21.1 Å². The minimum atomic E-state index is -0.922. The van der Waals surface area contributed by atoms with E-state index in [9.17, 15) is 9.59 Å². The number of carboxylic acid groups (broad SMARTS) is 1. The monoisotopic (exact) mass is 498 g/mol. The molecule has 35 heavy (non-hydrogen) atoms. The normalized spacial score (nSPS) is 13.5. The number of nitrogens with zero attached hydrogens (tertiary/aromatic N) is 1. The molecule has 2 atom stereocenters. The molecule has 0 aliphatic heterocycles. The smallest absolute Gasteiger partial charge is 0.307 e.